The lowest BCUT2D eigenvalue weighted by molar-refractivity contribution is 0.174. The minimum Gasteiger partial charge on any atom is -0.496 e. The largest absolute Gasteiger partial charge is 0.496 e. The zero-order valence-corrected chi connectivity index (χ0v) is 14.5. The van der Waals surface area contributed by atoms with Crippen LogP contribution in [0.4, 0.5) is 0 Å². The maximum Gasteiger partial charge on any atom is 0.231 e. The van der Waals surface area contributed by atoms with Crippen LogP contribution in [0, 0.1) is 13.8 Å². The minimum atomic E-state index is 0.268. The third kappa shape index (κ3) is 2.54. The Labute approximate surface area is 143 Å². The summed E-state index contributed by atoms with van der Waals surface area (Å²) in [6, 6.07) is 3.82. The summed E-state index contributed by atoms with van der Waals surface area (Å²) >= 11 is 1.61. The van der Waals surface area contributed by atoms with Crippen LogP contribution in [0.2, 0.25) is 0 Å². The van der Waals surface area contributed by atoms with Crippen LogP contribution in [0.3, 0.4) is 0 Å². The predicted octanol–water partition coefficient (Wildman–Crippen LogP) is 3.60. The van der Waals surface area contributed by atoms with E-state index < -0.39 is 0 Å². The van der Waals surface area contributed by atoms with Gasteiger partial charge in [0.1, 0.15) is 5.75 Å². The Kier molecular flexibility index (Phi) is 3.72. The number of nitrogens with one attached hydrogen (secondary N) is 1. The van der Waals surface area contributed by atoms with Crippen LogP contribution in [-0.2, 0) is 5.75 Å². The lowest BCUT2D eigenvalue weighted by atomic mass is 10.1. The number of hydrogen-bond donors (Lipinski definition) is 1. The summed E-state index contributed by atoms with van der Waals surface area (Å²) < 4.78 is 16.2. The van der Waals surface area contributed by atoms with Crippen molar-refractivity contribution in [2.24, 2.45) is 0 Å². The van der Waals surface area contributed by atoms with Crippen molar-refractivity contribution in [2.75, 3.05) is 13.9 Å². The molecule has 0 amide bonds. The molecule has 6 nitrogen and oxygen atoms in total. The highest BCUT2D eigenvalue weighted by molar-refractivity contribution is 7.98. The van der Waals surface area contributed by atoms with Gasteiger partial charge in [0.25, 0.3) is 0 Å². The molecule has 0 atom stereocenters. The Morgan fingerprint density at radius 2 is 2.04 bits per heavy atom. The molecule has 7 heteroatoms. The lowest BCUT2D eigenvalue weighted by Crippen LogP contribution is -1.98. The van der Waals surface area contributed by atoms with Crippen LogP contribution in [-0.4, -0.2) is 28.9 Å². The van der Waals surface area contributed by atoms with Crippen molar-refractivity contribution in [3.05, 3.63) is 35.2 Å². The molecule has 1 N–H and O–H groups in total. The fourth-order valence-electron chi connectivity index (χ4n) is 2.80. The fraction of sp³-hybridized carbons (Fsp3) is 0.294. The van der Waals surface area contributed by atoms with Crippen molar-refractivity contribution >= 4 is 22.8 Å². The molecule has 0 saturated carbocycles. The van der Waals surface area contributed by atoms with Gasteiger partial charge in [0, 0.05) is 35.2 Å². The third-order valence-electron chi connectivity index (χ3n) is 4.05. The van der Waals surface area contributed by atoms with Gasteiger partial charge in [-0.05, 0) is 13.8 Å². The number of ether oxygens (including phenoxy) is 3. The van der Waals surface area contributed by atoms with Gasteiger partial charge in [-0.2, -0.15) is 0 Å². The number of aromatic amines is 1. The van der Waals surface area contributed by atoms with E-state index in [0.717, 1.165) is 56.0 Å². The number of aryl methyl sites for hydroxylation is 1. The molecule has 4 rings (SSSR count). The summed E-state index contributed by atoms with van der Waals surface area (Å²) in [7, 11) is 1.69. The number of thioether (sulfide) groups is 1. The number of benzene rings is 1. The molecule has 0 spiro atoms. The second-order valence-electron chi connectivity index (χ2n) is 5.60. The zero-order chi connectivity index (χ0) is 16.7. The normalized spacial score (nSPS) is 12.8. The Bertz CT molecular complexity index is 882. The maximum absolute atomic E-state index is 5.46. The molecule has 1 aliphatic rings. The number of H-pyrrole nitrogens is 1. The summed E-state index contributed by atoms with van der Waals surface area (Å²) in [5.74, 6) is 3.11. The number of fused-ring (bicyclic) bond motifs is 2. The summed E-state index contributed by atoms with van der Waals surface area (Å²) in [5.41, 5.74) is 4.92. The average molecular weight is 343 g/mol. The van der Waals surface area contributed by atoms with E-state index in [-0.39, 0.29) is 6.79 Å². The second-order valence-corrected chi connectivity index (χ2v) is 6.56. The Morgan fingerprint density at radius 3 is 2.83 bits per heavy atom. The molecule has 124 valence electrons. The molecule has 3 aromatic rings. The molecule has 0 radical (unpaired) electrons. The molecule has 24 heavy (non-hydrogen) atoms. The van der Waals surface area contributed by atoms with Gasteiger partial charge < -0.3 is 19.2 Å². The second kappa shape index (κ2) is 5.90. The van der Waals surface area contributed by atoms with Crippen molar-refractivity contribution < 1.29 is 14.2 Å². The highest BCUT2D eigenvalue weighted by Gasteiger charge is 2.17. The maximum atomic E-state index is 5.46. The van der Waals surface area contributed by atoms with Gasteiger partial charge in [0.2, 0.25) is 6.79 Å². The van der Waals surface area contributed by atoms with Crippen LogP contribution in [0.15, 0.2) is 23.5 Å². The van der Waals surface area contributed by atoms with Gasteiger partial charge in [-0.1, -0.05) is 11.8 Å². The Hall–Kier alpha value is -2.41. The number of methoxy groups -OCH3 is 1. The monoisotopic (exact) mass is 343 g/mol. The van der Waals surface area contributed by atoms with Gasteiger partial charge in [0.05, 0.1) is 23.8 Å². The Balaban J connectivity index is 1.57. The van der Waals surface area contributed by atoms with Crippen LogP contribution in [0.1, 0.15) is 16.8 Å². The lowest BCUT2D eigenvalue weighted by Gasteiger charge is -2.11. The van der Waals surface area contributed by atoms with Crippen LogP contribution in [0.5, 0.6) is 17.2 Å². The number of rotatable bonds is 4. The van der Waals surface area contributed by atoms with Gasteiger partial charge in [-0.15, -0.1) is 0 Å². The number of aromatic nitrogens is 3. The van der Waals surface area contributed by atoms with Gasteiger partial charge in [0.15, 0.2) is 16.7 Å². The first-order valence-electron chi connectivity index (χ1n) is 7.57. The first-order valence-corrected chi connectivity index (χ1v) is 8.55. The molecule has 1 aliphatic heterocycles. The summed E-state index contributed by atoms with van der Waals surface area (Å²) in [4.78, 5) is 12.4. The first kappa shape index (κ1) is 15.1. The molecule has 2 aromatic heterocycles. The number of hydrogen-bond acceptors (Lipinski definition) is 6. The number of nitrogens with zero attached hydrogens (tertiary/aromatic N) is 2. The van der Waals surface area contributed by atoms with Crippen LogP contribution >= 0.6 is 11.8 Å². The highest BCUT2D eigenvalue weighted by Crippen LogP contribution is 2.36. The van der Waals surface area contributed by atoms with E-state index in [2.05, 4.69) is 15.0 Å². The molecule has 3 heterocycles. The van der Waals surface area contributed by atoms with E-state index in [0.29, 0.717) is 0 Å². The molecular weight excluding hydrogens is 326 g/mol. The van der Waals surface area contributed by atoms with E-state index in [9.17, 15) is 0 Å². The summed E-state index contributed by atoms with van der Waals surface area (Å²) in [5, 5.41) is 0.842. The average Bonchev–Trinajstić information content (AvgIpc) is 3.17. The first-order chi connectivity index (χ1) is 11.7. The molecule has 0 fully saturated rings. The van der Waals surface area contributed by atoms with E-state index in [1.165, 1.54) is 0 Å². The zero-order valence-electron chi connectivity index (χ0n) is 13.7. The van der Waals surface area contributed by atoms with E-state index >= 15 is 0 Å². The quantitative estimate of drug-likeness (QED) is 0.730. The smallest absolute Gasteiger partial charge is 0.231 e. The minimum absolute atomic E-state index is 0.268. The summed E-state index contributed by atoms with van der Waals surface area (Å²) in [6.45, 7) is 4.30. The molecule has 0 bridgehead atoms. The fourth-order valence-corrected chi connectivity index (χ4v) is 3.71. The van der Waals surface area contributed by atoms with E-state index in [1.807, 2.05) is 32.2 Å². The van der Waals surface area contributed by atoms with E-state index in [4.69, 9.17) is 14.2 Å². The predicted molar refractivity (Wildman–Crippen MR) is 92.0 cm³/mol. The van der Waals surface area contributed by atoms with Crippen molar-refractivity contribution in [1.29, 1.82) is 0 Å². The SMILES string of the molecule is COc1c(C)cnc(CSc2nc3cc4c(cc3[nH]2)OCO4)c1C. The van der Waals surface area contributed by atoms with Crippen LogP contribution in [0.25, 0.3) is 11.0 Å². The molecular formula is C17H17N3O3S. The third-order valence-corrected chi connectivity index (χ3v) is 4.93. The van der Waals surface area contributed by atoms with Gasteiger partial charge in [-0.25, -0.2) is 4.98 Å². The molecule has 0 saturated heterocycles. The van der Waals surface area contributed by atoms with E-state index in [1.54, 1.807) is 18.9 Å². The molecule has 0 unspecified atom stereocenters. The standard InChI is InChI=1S/C17H17N3O3S/c1-9-6-18-13(10(2)16(9)21-3)7-24-17-19-11-4-14-15(23-8-22-14)5-12(11)20-17/h4-6H,7-8H2,1-3H3,(H,19,20). The highest BCUT2D eigenvalue weighted by atomic mass is 32.2. The van der Waals surface area contributed by atoms with Crippen molar-refractivity contribution in [3.8, 4) is 17.2 Å². The van der Waals surface area contributed by atoms with Gasteiger partial charge in [-0.3, -0.25) is 4.98 Å². The topological polar surface area (TPSA) is 69.3 Å². The molecule has 1 aromatic carbocycles. The number of imidazole rings is 1. The number of pyridine rings is 1. The van der Waals surface area contributed by atoms with Crippen molar-refractivity contribution in [2.45, 2.75) is 24.8 Å². The summed E-state index contributed by atoms with van der Waals surface area (Å²) in [6.07, 6.45) is 1.85. The van der Waals surface area contributed by atoms with Crippen molar-refractivity contribution in [3.63, 3.8) is 0 Å². The molecule has 0 aliphatic carbocycles. The Morgan fingerprint density at radius 1 is 1.25 bits per heavy atom. The van der Waals surface area contributed by atoms with Crippen molar-refractivity contribution in [1.82, 2.24) is 15.0 Å². The van der Waals surface area contributed by atoms with Crippen LogP contribution < -0.4 is 14.2 Å². The van der Waals surface area contributed by atoms with Gasteiger partial charge >= 0.3 is 0 Å².